The van der Waals surface area contributed by atoms with Gasteiger partial charge in [0.2, 0.25) is 0 Å². The Morgan fingerprint density at radius 3 is 1.11 bits per heavy atom. The SMILES string of the molecule is C.C.CC(C)c1ccc(-c2ccccc2)cc1.CC(C)c1ccc(C2=CC=CC2)cc1.CC(C)c1ccc(C2CCCCC2)cc1.CC(C)c1ccc(Cc2ccccc2)cc1.Cc1ccc(C(C)C)cc1.Cc1ccc(CC(C)C)cc1. The fourth-order valence-electron chi connectivity index (χ4n) is 10.0. The molecule has 0 radical (unpaired) electrons. The monoisotopic (exact) mass is 1110 g/mol. The molecule has 0 amide bonds. The molecule has 83 heavy (non-hydrogen) atoms. The number of hydrogen-bond donors (Lipinski definition) is 0. The minimum absolute atomic E-state index is 0. The van der Waals surface area contributed by atoms with Crippen molar-refractivity contribution in [2.24, 2.45) is 5.92 Å². The molecule has 0 aromatic heterocycles. The number of hydrogen-bond acceptors (Lipinski definition) is 0. The van der Waals surface area contributed by atoms with E-state index in [2.05, 4.69) is 315 Å². The third kappa shape index (κ3) is 26.1. The second-order valence-corrected chi connectivity index (χ2v) is 24.6. The van der Waals surface area contributed by atoms with Crippen LogP contribution in [0.25, 0.3) is 16.7 Å². The normalized spacial score (nSPS) is 12.5. The highest BCUT2D eigenvalue weighted by Gasteiger charge is 2.15. The molecule has 1 saturated carbocycles. The Hall–Kier alpha value is -6.76. The largest absolute Gasteiger partial charge is 0.0801 e. The molecular weight excluding hydrogens is 997 g/mol. The molecule has 0 bridgehead atoms. The maximum absolute atomic E-state index is 2.35. The van der Waals surface area contributed by atoms with Gasteiger partial charge in [0.1, 0.15) is 0 Å². The topological polar surface area (TPSA) is 0 Å². The predicted octanol–water partition coefficient (Wildman–Crippen LogP) is 25.5. The zero-order valence-electron chi connectivity index (χ0n) is 52.6. The van der Waals surface area contributed by atoms with E-state index < -0.39 is 0 Å². The molecule has 0 aliphatic heterocycles. The summed E-state index contributed by atoms with van der Waals surface area (Å²) in [7, 11) is 0. The highest BCUT2D eigenvalue weighted by molar-refractivity contribution is 5.71. The summed E-state index contributed by atoms with van der Waals surface area (Å²) in [6.45, 7) is 31.0. The Balaban J connectivity index is 0.000000262. The molecule has 0 saturated heterocycles. The molecule has 0 spiro atoms. The Bertz CT molecular complexity index is 2950. The summed E-state index contributed by atoms with van der Waals surface area (Å²) in [6, 6.07) is 74.6. The van der Waals surface area contributed by atoms with Gasteiger partial charge in [0.15, 0.2) is 0 Å². The minimum Gasteiger partial charge on any atom is -0.0801 e. The van der Waals surface area contributed by atoms with Crippen LogP contribution in [0, 0.1) is 19.8 Å². The summed E-state index contributed by atoms with van der Waals surface area (Å²) in [6.07, 6.45) is 16.9. The molecule has 0 heteroatoms. The van der Waals surface area contributed by atoms with Gasteiger partial charge >= 0.3 is 0 Å². The second kappa shape index (κ2) is 38.2. The Labute approximate surface area is 509 Å². The van der Waals surface area contributed by atoms with E-state index in [1.165, 1.54) is 116 Å². The van der Waals surface area contributed by atoms with E-state index in [4.69, 9.17) is 0 Å². The number of allylic oxidation sites excluding steroid dienone is 4. The molecule has 0 nitrogen and oxygen atoms in total. The summed E-state index contributed by atoms with van der Waals surface area (Å²) in [5, 5.41) is 0. The van der Waals surface area contributed by atoms with Crippen molar-refractivity contribution in [1.82, 2.24) is 0 Å². The average molecular weight is 1110 g/mol. The first-order chi connectivity index (χ1) is 38.9. The summed E-state index contributed by atoms with van der Waals surface area (Å²) >= 11 is 0. The van der Waals surface area contributed by atoms with Gasteiger partial charge < -0.3 is 0 Å². The van der Waals surface area contributed by atoms with E-state index in [9.17, 15) is 0 Å². The van der Waals surface area contributed by atoms with Crippen LogP contribution >= 0.6 is 0 Å². The van der Waals surface area contributed by atoms with E-state index in [-0.39, 0.29) is 14.9 Å². The van der Waals surface area contributed by atoms with Crippen LogP contribution in [-0.2, 0) is 12.8 Å². The third-order valence-corrected chi connectivity index (χ3v) is 15.5. The number of benzene rings is 8. The maximum Gasteiger partial charge on any atom is -0.00258 e. The molecular formula is C83H110. The highest BCUT2D eigenvalue weighted by Crippen LogP contribution is 2.33. The van der Waals surface area contributed by atoms with E-state index in [0.29, 0.717) is 29.6 Å². The smallest absolute Gasteiger partial charge is 0.00258 e. The van der Waals surface area contributed by atoms with Crippen LogP contribution in [0.4, 0.5) is 0 Å². The quantitative estimate of drug-likeness (QED) is 0.114. The first kappa shape index (κ1) is 70.5. The van der Waals surface area contributed by atoms with E-state index in [0.717, 1.165) is 24.7 Å². The molecule has 0 heterocycles. The highest BCUT2D eigenvalue weighted by atomic mass is 14.2. The van der Waals surface area contributed by atoms with E-state index >= 15 is 0 Å². The lowest BCUT2D eigenvalue weighted by molar-refractivity contribution is 0.443. The molecule has 8 aromatic carbocycles. The Morgan fingerprint density at radius 2 is 0.699 bits per heavy atom. The first-order valence-electron chi connectivity index (χ1n) is 30.9. The van der Waals surface area contributed by atoms with Crippen LogP contribution in [0.15, 0.2) is 224 Å². The number of rotatable bonds is 12. The fraction of sp³-hybridized carbons (Fsp3) is 0.373. The van der Waals surface area contributed by atoms with Crippen molar-refractivity contribution in [3.8, 4) is 11.1 Å². The van der Waals surface area contributed by atoms with Gasteiger partial charge in [-0.15, -0.1) is 0 Å². The summed E-state index contributed by atoms with van der Waals surface area (Å²) in [5.41, 5.74) is 20.9. The standard InChI is InChI=1S/C16H18.C15H22.C15H16.C14H16.C11H16.C10H14.2CH4/c1-13(2)16-10-8-15(9-11-16)12-14-6-4-3-5-7-14;2*1-12(2)13-8-10-15(11-9-13)14-6-4-3-5-7-14;1-11(2)12-7-9-14(10-8-12)13-5-3-4-6-13;1-9(2)8-11-6-4-10(3)5-7-11;1-8(2)10-6-4-9(3)5-7-10;;/h3-11,13H,12H2,1-2H3;8-12,14H,3-7H2,1-2H3;3-12H,1-2H3;3-5,7-11H,6H2,1-2H3;4-7,9H,8H2,1-3H3;4-8H,1-3H3;2*1H4. The van der Waals surface area contributed by atoms with Gasteiger partial charge in [-0.25, -0.2) is 0 Å². The molecule has 10 rings (SSSR count). The van der Waals surface area contributed by atoms with Gasteiger partial charge in [0, 0.05) is 0 Å². The van der Waals surface area contributed by atoms with Crippen LogP contribution < -0.4 is 0 Å². The lowest BCUT2D eigenvalue weighted by atomic mass is 9.83. The van der Waals surface area contributed by atoms with Crippen molar-refractivity contribution < 1.29 is 0 Å². The summed E-state index contributed by atoms with van der Waals surface area (Å²) < 4.78 is 0. The molecule has 0 N–H and O–H groups in total. The van der Waals surface area contributed by atoms with Crippen LogP contribution in [-0.4, -0.2) is 0 Å². The van der Waals surface area contributed by atoms with Gasteiger partial charge in [-0.3, -0.25) is 0 Å². The molecule has 0 atom stereocenters. The van der Waals surface area contributed by atoms with Crippen LogP contribution in [0.2, 0.25) is 0 Å². The van der Waals surface area contributed by atoms with Crippen molar-refractivity contribution in [3.05, 3.63) is 291 Å². The zero-order chi connectivity index (χ0) is 58.5. The second-order valence-electron chi connectivity index (χ2n) is 24.6. The van der Waals surface area contributed by atoms with E-state index in [1.54, 1.807) is 5.56 Å². The lowest BCUT2D eigenvalue weighted by Crippen LogP contribution is -2.04. The van der Waals surface area contributed by atoms with E-state index in [1.807, 2.05) is 6.07 Å². The predicted molar refractivity (Wildman–Crippen MR) is 373 cm³/mol. The fourth-order valence-corrected chi connectivity index (χ4v) is 10.0. The van der Waals surface area contributed by atoms with Gasteiger partial charge in [0.25, 0.3) is 0 Å². The van der Waals surface area contributed by atoms with Gasteiger partial charge in [-0.1, -0.05) is 353 Å². The van der Waals surface area contributed by atoms with Crippen molar-refractivity contribution >= 4 is 5.57 Å². The molecule has 1 fully saturated rings. The van der Waals surface area contributed by atoms with Crippen LogP contribution in [0.1, 0.15) is 239 Å². The first-order valence-corrected chi connectivity index (χ1v) is 30.9. The van der Waals surface area contributed by atoms with Gasteiger partial charge in [-0.05, 0) is 160 Å². The summed E-state index contributed by atoms with van der Waals surface area (Å²) in [5.74, 6) is 4.77. The number of aryl methyl sites for hydroxylation is 2. The Kier molecular flexibility index (Phi) is 32.4. The lowest BCUT2D eigenvalue weighted by Gasteiger charge is -2.22. The van der Waals surface area contributed by atoms with Crippen molar-refractivity contribution in [1.29, 1.82) is 0 Å². The van der Waals surface area contributed by atoms with Crippen molar-refractivity contribution in [3.63, 3.8) is 0 Å². The molecule has 2 aliphatic carbocycles. The molecule has 442 valence electrons. The van der Waals surface area contributed by atoms with Crippen molar-refractivity contribution in [2.45, 2.75) is 199 Å². The molecule has 8 aromatic rings. The van der Waals surface area contributed by atoms with Gasteiger partial charge in [0.05, 0.1) is 0 Å². The van der Waals surface area contributed by atoms with Crippen LogP contribution in [0.3, 0.4) is 0 Å². The van der Waals surface area contributed by atoms with Crippen LogP contribution in [0.5, 0.6) is 0 Å². The average Bonchev–Trinajstić information content (AvgIpc) is 4.05. The van der Waals surface area contributed by atoms with Crippen molar-refractivity contribution in [2.75, 3.05) is 0 Å². The minimum atomic E-state index is 0. The molecule has 2 aliphatic rings. The molecule has 0 unspecified atom stereocenters. The Morgan fingerprint density at radius 1 is 0.349 bits per heavy atom. The third-order valence-electron chi connectivity index (χ3n) is 15.5. The maximum atomic E-state index is 2.35. The zero-order valence-corrected chi connectivity index (χ0v) is 52.6. The summed E-state index contributed by atoms with van der Waals surface area (Å²) in [4.78, 5) is 0. The van der Waals surface area contributed by atoms with Gasteiger partial charge in [-0.2, -0.15) is 0 Å².